The maximum Gasteiger partial charge on any atom is 0.00792 e. The van der Waals surface area contributed by atoms with E-state index < -0.39 is 0 Å². The van der Waals surface area contributed by atoms with Gasteiger partial charge in [-0.25, -0.2) is 0 Å². The van der Waals surface area contributed by atoms with Gasteiger partial charge < -0.3 is 11.1 Å². The average molecular weight is 226 g/mol. The molecule has 0 aromatic rings. The second kappa shape index (κ2) is 9.00. The molecule has 1 fully saturated rings. The van der Waals surface area contributed by atoms with Crippen LogP contribution in [0.15, 0.2) is 0 Å². The zero-order valence-corrected chi connectivity index (χ0v) is 11.0. The van der Waals surface area contributed by atoms with Crippen molar-refractivity contribution in [3.63, 3.8) is 0 Å². The van der Waals surface area contributed by atoms with Crippen LogP contribution in [0.2, 0.25) is 0 Å². The molecule has 0 spiro atoms. The fourth-order valence-electron chi connectivity index (χ4n) is 2.18. The van der Waals surface area contributed by atoms with Crippen LogP contribution in [0, 0.1) is 5.92 Å². The molecule has 96 valence electrons. The van der Waals surface area contributed by atoms with Crippen LogP contribution >= 0.6 is 0 Å². The molecule has 0 saturated heterocycles. The highest BCUT2D eigenvalue weighted by atomic mass is 14.9. The molecule has 2 heteroatoms. The fourth-order valence-corrected chi connectivity index (χ4v) is 2.18. The third-order valence-electron chi connectivity index (χ3n) is 3.59. The van der Waals surface area contributed by atoms with Crippen molar-refractivity contribution >= 4 is 0 Å². The van der Waals surface area contributed by atoms with Gasteiger partial charge in [-0.3, -0.25) is 0 Å². The minimum atomic E-state index is 0.469. The van der Waals surface area contributed by atoms with Gasteiger partial charge in [0, 0.05) is 6.04 Å². The molecule has 0 amide bonds. The van der Waals surface area contributed by atoms with Crippen molar-refractivity contribution in [1.82, 2.24) is 5.32 Å². The van der Waals surface area contributed by atoms with Crippen LogP contribution in [-0.4, -0.2) is 19.1 Å². The molecule has 0 aromatic carbocycles. The predicted octanol–water partition coefficient (Wildman–Crippen LogP) is 3.06. The minimum Gasteiger partial charge on any atom is -0.327 e. The summed E-state index contributed by atoms with van der Waals surface area (Å²) in [5, 5.41) is 3.51. The number of unbranched alkanes of at least 4 members (excludes halogenated alkanes) is 5. The van der Waals surface area contributed by atoms with Crippen molar-refractivity contribution in [3.8, 4) is 0 Å². The van der Waals surface area contributed by atoms with Gasteiger partial charge in [0.05, 0.1) is 0 Å². The molecule has 1 aliphatic rings. The minimum absolute atomic E-state index is 0.469. The van der Waals surface area contributed by atoms with Crippen LogP contribution in [0.1, 0.15) is 64.7 Å². The molecule has 0 aliphatic heterocycles. The van der Waals surface area contributed by atoms with Crippen LogP contribution in [0.25, 0.3) is 0 Å². The number of nitrogens with one attached hydrogen (secondary N) is 1. The highest BCUT2D eigenvalue weighted by molar-refractivity contribution is 4.84. The molecule has 16 heavy (non-hydrogen) atoms. The van der Waals surface area contributed by atoms with Crippen molar-refractivity contribution in [2.45, 2.75) is 70.8 Å². The zero-order chi connectivity index (χ0) is 11.6. The molecule has 0 heterocycles. The number of hydrogen-bond donors (Lipinski definition) is 2. The number of hydrogen-bond acceptors (Lipinski definition) is 2. The largest absolute Gasteiger partial charge is 0.327 e. The van der Waals surface area contributed by atoms with Crippen LogP contribution in [0.4, 0.5) is 0 Å². The molecule has 1 saturated carbocycles. The van der Waals surface area contributed by atoms with Crippen LogP contribution in [0.3, 0.4) is 0 Å². The third-order valence-corrected chi connectivity index (χ3v) is 3.59. The quantitative estimate of drug-likeness (QED) is 0.531. The summed E-state index contributed by atoms with van der Waals surface area (Å²) in [7, 11) is 0. The normalized spacial score (nSPS) is 17.6. The summed E-state index contributed by atoms with van der Waals surface area (Å²) < 4.78 is 0. The highest BCUT2D eigenvalue weighted by Gasteiger charge is 2.27. The van der Waals surface area contributed by atoms with Crippen molar-refractivity contribution in [3.05, 3.63) is 0 Å². The Balaban J connectivity index is 1.71. The van der Waals surface area contributed by atoms with E-state index >= 15 is 0 Å². The molecule has 2 nitrogen and oxygen atoms in total. The first-order valence-corrected chi connectivity index (χ1v) is 7.31. The first-order chi connectivity index (χ1) is 7.84. The van der Waals surface area contributed by atoms with Crippen molar-refractivity contribution < 1.29 is 0 Å². The number of rotatable bonds is 11. The van der Waals surface area contributed by atoms with Gasteiger partial charge in [0.2, 0.25) is 0 Å². The van der Waals surface area contributed by atoms with E-state index in [1.165, 1.54) is 64.3 Å². The number of nitrogens with two attached hydrogens (primary N) is 1. The summed E-state index contributed by atoms with van der Waals surface area (Å²) in [6, 6.07) is 0.469. The summed E-state index contributed by atoms with van der Waals surface area (Å²) in [5.74, 6) is 0.857. The van der Waals surface area contributed by atoms with E-state index in [9.17, 15) is 0 Å². The lowest BCUT2D eigenvalue weighted by Crippen LogP contribution is -2.28. The van der Waals surface area contributed by atoms with Crippen molar-refractivity contribution in [2.75, 3.05) is 13.1 Å². The average Bonchev–Trinajstić information content (AvgIpc) is 3.10. The Morgan fingerprint density at radius 3 is 2.44 bits per heavy atom. The monoisotopic (exact) mass is 226 g/mol. The molecule has 0 aromatic heterocycles. The van der Waals surface area contributed by atoms with Crippen LogP contribution in [-0.2, 0) is 0 Å². The summed E-state index contributed by atoms with van der Waals surface area (Å²) in [5.41, 5.74) is 6.03. The van der Waals surface area contributed by atoms with Crippen molar-refractivity contribution in [1.29, 1.82) is 0 Å². The van der Waals surface area contributed by atoms with E-state index in [-0.39, 0.29) is 0 Å². The summed E-state index contributed by atoms with van der Waals surface area (Å²) in [4.78, 5) is 0. The molecule has 1 atom stereocenters. The maximum absolute atomic E-state index is 6.03. The molecular formula is C14H30N2. The molecular weight excluding hydrogens is 196 g/mol. The molecule has 1 rings (SSSR count). The van der Waals surface area contributed by atoms with E-state index in [1.54, 1.807) is 0 Å². The molecule has 3 N–H and O–H groups in total. The molecule has 0 radical (unpaired) electrons. The second-order valence-electron chi connectivity index (χ2n) is 5.31. The van der Waals surface area contributed by atoms with E-state index in [0.29, 0.717) is 6.04 Å². The first kappa shape index (κ1) is 14.0. The summed E-state index contributed by atoms with van der Waals surface area (Å²) in [6.45, 7) is 4.57. The summed E-state index contributed by atoms with van der Waals surface area (Å²) >= 11 is 0. The fraction of sp³-hybridized carbons (Fsp3) is 1.00. The van der Waals surface area contributed by atoms with Gasteiger partial charge >= 0.3 is 0 Å². The zero-order valence-electron chi connectivity index (χ0n) is 11.0. The SMILES string of the molecule is CCCCCCCCNCCC(N)C1CC1. The van der Waals surface area contributed by atoms with E-state index in [2.05, 4.69) is 12.2 Å². The predicted molar refractivity (Wildman–Crippen MR) is 71.6 cm³/mol. The Morgan fingerprint density at radius 1 is 1.06 bits per heavy atom. The first-order valence-electron chi connectivity index (χ1n) is 7.31. The molecule has 1 aliphatic carbocycles. The van der Waals surface area contributed by atoms with Gasteiger partial charge in [-0.05, 0) is 44.7 Å². The van der Waals surface area contributed by atoms with Gasteiger partial charge in [-0.1, -0.05) is 39.0 Å². The topological polar surface area (TPSA) is 38.0 Å². The van der Waals surface area contributed by atoms with Gasteiger partial charge in [-0.2, -0.15) is 0 Å². The van der Waals surface area contributed by atoms with Gasteiger partial charge in [0.1, 0.15) is 0 Å². The smallest absolute Gasteiger partial charge is 0.00792 e. The Bertz CT molecular complexity index is 155. The van der Waals surface area contributed by atoms with Crippen LogP contribution in [0.5, 0.6) is 0 Å². The standard InChI is InChI=1S/C14H30N2/c1-2-3-4-5-6-7-11-16-12-10-14(15)13-8-9-13/h13-14,16H,2-12,15H2,1H3. The summed E-state index contributed by atoms with van der Waals surface area (Å²) in [6.07, 6.45) is 12.2. The lowest BCUT2D eigenvalue weighted by Gasteiger charge is -2.10. The molecule has 1 unspecified atom stereocenters. The van der Waals surface area contributed by atoms with Gasteiger partial charge in [-0.15, -0.1) is 0 Å². The third kappa shape index (κ3) is 7.24. The van der Waals surface area contributed by atoms with E-state index in [4.69, 9.17) is 5.73 Å². The lowest BCUT2D eigenvalue weighted by atomic mass is 10.1. The maximum atomic E-state index is 6.03. The van der Waals surface area contributed by atoms with Crippen molar-refractivity contribution in [2.24, 2.45) is 11.7 Å². The van der Waals surface area contributed by atoms with E-state index in [1.807, 2.05) is 0 Å². The Hall–Kier alpha value is -0.0800. The Labute approximate surface area is 101 Å². The second-order valence-corrected chi connectivity index (χ2v) is 5.31. The van der Waals surface area contributed by atoms with E-state index in [0.717, 1.165) is 12.5 Å². The lowest BCUT2D eigenvalue weighted by molar-refractivity contribution is 0.505. The van der Waals surface area contributed by atoms with Gasteiger partial charge in [0.25, 0.3) is 0 Å². The van der Waals surface area contributed by atoms with Gasteiger partial charge in [0.15, 0.2) is 0 Å². The Kier molecular flexibility index (Phi) is 7.87. The Morgan fingerprint density at radius 2 is 1.75 bits per heavy atom. The highest BCUT2D eigenvalue weighted by Crippen LogP contribution is 2.32. The molecule has 0 bridgehead atoms. The van der Waals surface area contributed by atoms with Crippen LogP contribution < -0.4 is 11.1 Å².